The van der Waals surface area contributed by atoms with Crippen molar-refractivity contribution in [2.75, 3.05) is 0 Å². The van der Waals surface area contributed by atoms with E-state index in [0.29, 0.717) is 11.1 Å². The van der Waals surface area contributed by atoms with Crippen LogP contribution < -0.4 is 0 Å². The van der Waals surface area contributed by atoms with E-state index in [0.717, 1.165) is 23.5 Å². The van der Waals surface area contributed by atoms with E-state index in [2.05, 4.69) is 109 Å². The van der Waals surface area contributed by atoms with Gasteiger partial charge in [-0.2, -0.15) is 0 Å². The first-order valence-corrected chi connectivity index (χ1v) is 21.4. The van der Waals surface area contributed by atoms with Crippen molar-refractivity contribution in [2.24, 2.45) is 9.98 Å². The van der Waals surface area contributed by atoms with Gasteiger partial charge in [0, 0.05) is 6.21 Å². The van der Waals surface area contributed by atoms with Crippen molar-refractivity contribution in [3.63, 3.8) is 0 Å². The lowest BCUT2D eigenvalue weighted by molar-refractivity contribution is 0.616. The third-order valence-corrected chi connectivity index (χ3v) is 13.6. The average Bonchev–Trinajstić information content (AvgIpc) is 2.82. The minimum absolute atomic E-state index is 0.611. The first-order valence-electron chi connectivity index (χ1n) is 14.2. The Morgan fingerprint density at radius 2 is 1.22 bits per heavy atom. The fraction of sp³-hybridized carbons (Fsp3) is 0.562. The SMILES string of the molecule is CCCCCCCCC(C=Nc1cccc(C(C)[Si](C)(C)C)c1)=Nc1cccc(C(C)[Si](C)(C)C)c1. The summed E-state index contributed by atoms with van der Waals surface area (Å²) in [5, 5.41) is 0. The van der Waals surface area contributed by atoms with Gasteiger partial charge in [0.2, 0.25) is 0 Å². The Labute approximate surface area is 224 Å². The summed E-state index contributed by atoms with van der Waals surface area (Å²) in [5.74, 6) is 0. The summed E-state index contributed by atoms with van der Waals surface area (Å²) >= 11 is 0. The molecule has 0 fully saturated rings. The van der Waals surface area contributed by atoms with Crippen LogP contribution in [0.5, 0.6) is 0 Å². The Morgan fingerprint density at radius 3 is 1.78 bits per heavy atom. The Balaban J connectivity index is 2.28. The van der Waals surface area contributed by atoms with Gasteiger partial charge >= 0.3 is 0 Å². The number of benzene rings is 2. The summed E-state index contributed by atoms with van der Waals surface area (Å²) in [5.41, 5.74) is 7.23. The lowest BCUT2D eigenvalue weighted by atomic mass is 10.1. The molecule has 36 heavy (non-hydrogen) atoms. The molecular formula is C32H52N2Si2. The predicted molar refractivity (Wildman–Crippen MR) is 170 cm³/mol. The van der Waals surface area contributed by atoms with E-state index in [-0.39, 0.29) is 0 Å². The van der Waals surface area contributed by atoms with Gasteiger partial charge < -0.3 is 0 Å². The molecule has 2 aromatic rings. The molecule has 198 valence electrons. The van der Waals surface area contributed by atoms with E-state index < -0.39 is 16.1 Å². The zero-order chi connectivity index (χ0) is 26.8. The molecule has 0 N–H and O–H groups in total. The molecule has 0 aromatic heterocycles. The van der Waals surface area contributed by atoms with Crippen LogP contribution in [0.15, 0.2) is 58.5 Å². The standard InChI is InChI=1S/C32H52N2Si2/c1-10-11-12-13-14-15-20-32(34-31-22-17-19-29(24-31)27(3)36(7,8)9)25-33-30-21-16-18-28(23-30)26(2)35(4,5)6/h16-19,21-27H,10-15,20H2,1-9H3. The lowest BCUT2D eigenvalue weighted by Gasteiger charge is -2.25. The highest BCUT2D eigenvalue weighted by molar-refractivity contribution is 6.77. The Hall–Kier alpha value is -1.79. The van der Waals surface area contributed by atoms with Crippen LogP contribution in [0.25, 0.3) is 0 Å². The number of unbranched alkanes of at least 4 members (excludes halogenated alkanes) is 5. The molecule has 0 saturated carbocycles. The summed E-state index contributed by atoms with van der Waals surface area (Å²) in [6.07, 6.45) is 10.7. The fourth-order valence-corrected chi connectivity index (χ4v) is 6.65. The van der Waals surface area contributed by atoms with Crippen molar-refractivity contribution in [1.82, 2.24) is 0 Å². The number of rotatable bonds is 14. The summed E-state index contributed by atoms with van der Waals surface area (Å²) in [6.45, 7) is 21.7. The molecule has 2 atom stereocenters. The topological polar surface area (TPSA) is 24.7 Å². The Morgan fingerprint density at radius 1 is 0.722 bits per heavy atom. The van der Waals surface area contributed by atoms with E-state index in [4.69, 9.17) is 9.98 Å². The van der Waals surface area contributed by atoms with E-state index in [1.54, 1.807) is 0 Å². The highest BCUT2D eigenvalue weighted by Gasteiger charge is 2.24. The molecule has 2 rings (SSSR count). The monoisotopic (exact) mass is 520 g/mol. The van der Waals surface area contributed by atoms with Crippen LogP contribution in [0.4, 0.5) is 11.4 Å². The van der Waals surface area contributed by atoms with Gasteiger partial charge in [0.05, 0.1) is 33.2 Å². The minimum Gasteiger partial charge on any atom is -0.255 e. The minimum atomic E-state index is -1.26. The second-order valence-electron chi connectivity index (χ2n) is 12.7. The molecular weight excluding hydrogens is 469 g/mol. The van der Waals surface area contributed by atoms with Gasteiger partial charge in [0.25, 0.3) is 0 Å². The van der Waals surface area contributed by atoms with Gasteiger partial charge in [-0.3, -0.25) is 9.98 Å². The summed E-state index contributed by atoms with van der Waals surface area (Å²) in [4.78, 5) is 10.0. The van der Waals surface area contributed by atoms with Gasteiger partial charge in [0.15, 0.2) is 0 Å². The van der Waals surface area contributed by atoms with Crippen molar-refractivity contribution in [3.8, 4) is 0 Å². The van der Waals surface area contributed by atoms with Crippen LogP contribution >= 0.6 is 0 Å². The van der Waals surface area contributed by atoms with Crippen molar-refractivity contribution in [2.45, 2.75) is 116 Å². The lowest BCUT2D eigenvalue weighted by Crippen LogP contribution is -2.28. The van der Waals surface area contributed by atoms with Crippen molar-refractivity contribution in [3.05, 3.63) is 59.7 Å². The maximum atomic E-state index is 5.12. The van der Waals surface area contributed by atoms with Gasteiger partial charge in [-0.1, -0.05) is 116 Å². The largest absolute Gasteiger partial charge is 0.255 e. The molecule has 0 spiro atoms. The Bertz CT molecular complexity index is 996. The molecule has 0 amide bonds. The van der Waals surface area contributed by atoms with Crippen LogP contribution in [-0.4, -0.2) is 28.1 Å². The molecule has 0 aliphatic rings. The van der Waals surface area contributed by atoms with Crippen LogP contribution in [0.2, 0.25) is 39.3 Å². The highest BCUT2D eigenvalue weighted by atomic mass is 28.3. The molecule has 4 heteroatoms. The summed E-state index contributed by atoms with van der Waals surface area (Å²) < 4.78 is 0. The fourth-order valence-electron chi connectivity index (χ4n) is 4.29. The van der Waals surface area contributed by atoms with Gasteiger partial charge in [-0.25, -0.2) is 0 Å². The van der Waals surface area contributed by atoms with Gasteiger partial charge in [0.1, 0.15) is 0 Å². The zero-order valence-electron chi connectivity index (χ0n) is 24.7. The molecule has 0 aliphatic carbocycles. The van der Waals surface area contributed by atoms with Crippen LogP contribution in [0.1, 0.15) is 87.9 Å². The first kappa shape index (κ1) is 30.4. The van der Waals surface area contributed by atoms with Crippen LogP contribution in [0, 0.1) is 0 Å². The van der Waals surface area contributed by atoms with Crippen LogP contribution in [-0.2, 0) is 0 Å². The number of aliphatic imine (C=N–C) groups is 2. The van der Waals surface area contributed by atoms with Crippen molar-refractivity contribution in [1.29, 1.82) is 0 Å². The van der Waals surface area contributed by atoms with E-state index in [9.17, 15) is 0 Å². The first-order chi connectivity index (χ1) is 16.9. The quantitative estimate of drug-likeness (QED) is 0.134. The molecule has 0 saturated heterocycles. The van der Waals surface area contributed by atoms with Crippen molar-refractivity contribution < 1.29 is 0 Å². The maximum absolute atomic E-state index is 5.12. The van der Waals surface area contributed by atoms with E-state index in [1.165, 1.54) is 49.7 Å². The second kappa shape index (κ2) is 14.2. The zero-order valence-corrected chi connectivity index (χ0v) is 26.7. The van der Waals surface area contributed by atoms with Crippen molar-refractivity contribution >= 4 is 39.4 Å². The third-order valence-electron chi connectivity index (χ3n) is 7.76. The number of hydrogen-bond acceptors (Lipinski definition) is 2. The molecule has 0 aliphatic heterocycles. The van der Waals surface area contributed by atoms with E-state index >= 15 is 0 Å². The molecule has 2 nitrogen and oxygen atoms in total. The Kier molecular flexibility index (Phi) is 12.0. The smallest absolute Gasteiger partial charge is 0.0636 e. The second-order valence-corrected chi connectivity index (χ2v) is 23.9. The molecule has 0 heterocycles. The van der Waals surface area contributed by atoms with Gasteiger partial charge in [-0.05, 0) is 59.3 Å². The number of hydrogen-bond donors (Lipinski definition) is 0. The summed E-state index contributed by atoms with van der Waals surface area (Å²) in [7, 11) is -2.51. The number of nitrogens with zero attached hydrogens (tertiary/aromatic N) is 2. The average molecular weight is 521 g/mol. The molecule has 2 aromatic carbocycles. The van der Waals surface area contributed by atoms with Crippen LogP contribution in [0.3, 0.4) is 0 Å². The predicted octanol–water partition coefficient (Wildman–Crippen LogP) is 10.9. The molecule has 2 unspecified atom stereocenters. The normalized spacial score (nSPS) is 14.9. The maximum Gasteiger partial charge on any atom is 0.0636 e. The molecule has 0 radical (unpaired) electrons. The molecule has 0 bridgehead atoms. The summed E-state index contributed by atoms with van der Waals surface area (Å²) in [6, 6.07) is 17.7. The van der Waals surface area contributed by atoms with E-state index in [1.807, 2.05) is 6.21 Å². The third kappa shape index (κ3) is 10.3. The highest BCUT2D eigenvalue weighted by Crippen LogP contribution is 2.30. The van der Waals surface area contributed by atoms with Gasteiger partial charge in [-0.15, -0.1) is 0 Å².